The maximum Gasteiger partial charge on any atom is 0.288 e. The van der Waals surface area contributed by atoms with Crippen LogP contribution in [0.2, 0.25) is 0 Å². The quantitative estimate of drug-likeness (QED) is 0.606. The molecule has 0 N–H and O–H groups in total. The second-order valence-electron chi connectivity index (χ2n) is 6.52. The molecule has 2 aromatic carbocycles. The normalized spacial score (nSPS) is 12.9. The van der Waals surface area contributed by atoms with E-state index < -0.39 is 10.1 Å². The molecule has 7 heteroatoms. The van der Waals surface area contributed by atoms with Crippen LogP contribution in [0, 0.1) is 6.92 Å². The predicted molar refractivity (Wildman–Crippen MR) is 108 cm³/mol. The number of nitrogens with zero attached hydrogens (tertiary/aromatic N) is 2. The second kappa shape index (κ2) is 7.26. The van der Waals surface area contributed by atoms with Crippen LogP contribution in [0.5, 0.6) is 11.5 Å². The number of hydrogen-bond donors (Lipinski definition) is 0. The van der Waals surface area contributed by atoms with Crippen LogP contribution in [0.15, 0.2) is 60.7 Å². The van der Waals surface area contributed by atoms with Gasteiger partial charge in [0.2, 0.25) is 0 Å². The van der Waals surface area contributed by atoms with Crippen molar-refractivity contribution in [3.05, 3.63) is 66.4 Å². The molecule has 2 heterocycles. The number of hydrogen-bond acceptors (Lipinski definition) is 6. The number of anilines is 2. The molecular weight excluding hydrogens is 376 g/mol. The average Bonchev–Trinajstić information content (AvgIpc) is 2.67. The van der Waals surface area contributed by atoms with E-state index in [1.54, 1.807) is 25.1 Å². The van der Waals surface area contributed by atoms with Crippen molar-refractivity contribution in [2.45, 2.75) is 20.3 Å². The number of para-hydroxylation sites is 3. The van der Waals surface area contributed by atoms with Gasteiger partial charge in [0, 0.05) is 11.3 Å². The fourth-order valence-electron chi connectivity index (χ4n) is 3.14. The topological polar surface area (TPSA) is 68.7 Å². The Hall–Kier alpha value is -2.90. The molecule has 0 atom stereocenters. The standard InChI is InChI=1S/C21H20N2O4S/c1-3-14-28(24,25)27-23-18-11-4-5-12-19(18)26-20-13-7-9-16(21(20)23)17-10-6-8-15(2)22-17/h4-13H,3,14H2,1-2H3. The van der Waals surface area contributed by atoms with Crippen molar-refractivity contribution in [3.8, 4) is 22.8 Å². The van der Waals surface area contributed by atoms with Crippen molar-refractivity contribution in [1.82, 2.24) is 4.98 Å². The van der Waals surface area contributed by atoms with Crippen LogP contribution in [0.4, 0.5) is 11.4 Å². The Morgan fingerprint density at radius 2 is 1.75 bits per heavy atom. The summed E-state index contributed by atoms with van der Waals surface area (Å²) in [6.07, 6.45) is 0.461. The van der Waals surface area contributed by atoms with E-state index in [-0.39, 0.29) is 5.75 Å². The smallest absolute Gasteiger partial charge is 0.288 e. The van der Waals surface area contributed by atoms with Crippen LogP contribution in [-0.4, -0.2) is 19.2 Å². The van der Waals surface area contributed by atoms with E-state index in [1.165, 1.54) is 5.06 Å². The summed E-state index contributed by atoms with van der Waals surface area (Å²) in [7, 11) is -3.77. The largest absolute Gasteiger partial charge is 0.453 e. The number of pyridine rings is 1. The van der Waals surface area contributed by atoms with E-state index in [2.05, 4.69) is 4.98 Å². The molecule has 144 valence electrons. The molecule has 4 rings (SSSR count). The van der Waals surface area contributed by atoms with Crippen LogP contribution in [0.25, 0.3) is 11.3 Å². The zero-order chi connectivity index (χ0) is 19.7. The first-order valence-electron chi connectivity index (χ1n) is 9.05. The molecule has 0 amide bonds. The summed E-state index contributed by atoms with van der Waals surface area (Å²) >= 11 is 0. The highest BCUT2D eigenvalue weighted by Crippen LogP contribution is 2.50. The van der Waals surface area contributed by atoms with Crippen LogP contribution >= 0.6 is 0 Å². The van der Waals surface area contributed by atoms with Crippen LogP contribution < -0.4 is 9.80 Å². The van der Waals surface area contributed by atoms with E-state index in [0.29, 0.717) is 35.0 Å². The lowest BCUT2D eigenvalue weighted by Gasteiger charge is -2.32. The van der Waals surface area contributed by atoms with Gasteiger partial charge >= 0.3 is 0 Å². The van der Waals surface area contributed by atoms with Gasteiger partial charge in [0.05, 0.1) is 11.4 Å². The molecule has 0 fully saturated rings. The maximum absolute atomic E-state index is 12.5. The Kier molecular flexibility index (Phi) is 4.78. The van der Waals surface area contributed by atoms with Gasteiger partial charge in [0.25, 0.3) is 10.1 Å². The number of rotatable bonds is 5. The molecule has 0 unspecified atom stereocenters. The molecule has 1 aliphatic rings. The summed E-state index contributed by atoms with van der Waals surface area (Å²) in [4.78, 5) is 4.59. The highest BCUT2D eigenvalue weighted by atomic mass is 32.2. The fraction of sp³-hybridized carbons (Fsp3) is 0.190. The summed E-state index contributed by atoms with van der Waals surface area (Å²) in [6.45, 7) is 3.70. The molecule has 6 nitrogen and oxygen atoms in total. The Morgan fingerprint density at radius 3 is 2.54 bits per heavy atom. The maximum atomic E-state index is 12.5. The van der Waals surface area contributed by atoms with Crippen LogP contribution in [-0.2, 0) is 14.4 Å². The molecule has 0 bridgehead atoms. The van der Waals surface area contributed by atoms with Gasteiger partial charge in [-0.05, 0) is 43.7 Å². The Labute approximate surface area is 164 Å². The summed E-state index contributed by atoms with van der Waals surface area (Å²) in [5.41, 5.74) is 3.33. The van der Waals surface area contributed by atoms with Crippen molar-refractivity contribution in [2.24, 2.45) is 0 Å². The van der Waals surface area contributed by atoms with Crippen LogP contribution in [0.3, 0.4) is 0 Å². The van der Waals surface area contributed by atoms with Gasteiger partial charge in [-0.25, -0.2) is 0 Å². The number of aryl methyl sites for hydroxylation is 1. The predicted octanol–water partition coefficient (Wildman–Crippen LogP) is 4.97. The molecule has 1 aliphatic heterocycles. The molecule has 0 aliphatic carbocycles. The number of fused-ring (bicyclic) bond motifs is 2. The van der Waals surface area contributed by atoms with Gasteiger partial charge in [-0.1, -0.05) is 37.3 Å². The number of ether oxygens (including phenoxy) is 1. The van der Waals surface area contributed by atoms with Crippen molar-refractivity contribution < 1.29 is 17.4 Å². The average molecular weight is 396 g/mol. The van der Waals surface area contributed by atoms with Gasteiger partial charge < -0.3 is 4.74 Å². The molecule has 3 aromatic rings. The molecular formula is C21H20N2O4S. The highest BCUT2D eigenvalue weighted by Gasteiger charge is 2.32. The third-order valence-electron chi connectivity index (χ3n) is 4.31. The summed E-state index contributed by atoms with van der Waals surface area (Å²) in [6, 6.07) is 18.4. The molecule has 0 spiro atoms. The van der Waals surface area contributed by atoms with Gasteiger partial charge in [0.15, 0.2) is 11.5 Å². The van der Waals surface area contributed by atoms with Crippen molar-refractivity contribution in [1.29, 1.82) is 0 Å². The molecule has 0 saturated heterocycles. The van der Waals surface area contributed by atoms with E-state index in [1.807, 2.05) is 49.4 Å². The fourth-order valence-corrected chi connectivity index (χ4v) is 4.10. The zero-order valence-corrected chi connectivity index (χ0v) is 16.4. The Bertz CT molecular complexity index is 1130. The van der Waals surface area contributed by atoms with E-state index >= 15 is 0 Å². The first-order chi connectivity index (χ1) is 13.5. The monoisotopic (exact) mass is 396 g/mol. The molecule has 28 heavy (non-hydrogen) atoms. The highest BCUT2D eigenvalue weighted by molar-refractivity contribution is 7.86. The molecule has 0 saturated carbocycles. The van der Waals surface area contributed by atoms with Crippen molar-refractivity contribution in [2.75, 3.05) is 10.8 Å². The van der Waals surface area contributed by atoms with E-state index in [9.17, 15) is 8.42 Å². The van der Waals surface area contributed by atoms with Crippen LogP contribution in [0.1, 0.15) is 19.0 Å². The van der Waals surface area contributed by atoms with Gasteiger partial charge in [0.1, 0.15) is 11.4 Å². The number of aromatic nitrogens is 1. The lowest BCUT2D eigenvalue weighted by atomic mass is 10.1. The third kappa shape index (κ3) is 3.46. The second-order valence-corrected chi connectivity index (χ2v) is 8.19. The van der Waals surface area contributed by atoms with Gasteiger partial charge in [-0.2, -0.15) is 13.5 Å². The molecule has 1 aromatic heterocycles. The van der Waals surface area contributed by atoms with Gasteiger partial charge in [-0.3, -0.25) is 4.98 Å². The van der Waals surface area contributed by atoms with Gasteiger partial charge in [-0.15, -0.1) is 4.28 Å². The minimum Gasteiger partial charge on any atom is -0.453 e. The first-order valence-corrected chi connectivity index (χ1v) is 10.6. The van der Waals surface area contributed by atoms with Crippen molar-refractivity contribution >= 4 is 21.5 Å². The summed E-state index contributed by atoms with van der Waals surface area (Å²) < 4.78 is 36.6. The Morgan fingerprint density at radius 1 is 1.00 bits per heavy atom. The summed E-state index contributed by atoms with van der Waals surface area (Å²) in [5, 5.41) is 1.35. The Balaban J connectivity index is 1.92. The SMILES string of the molecule is CCCS(=O)(=O)ON1c2ccccc2Oc2cccc(-c3cccc(C)n3)c21. The summed E-state index contributed by atoms with van der Waals surface area (Å²) in [5.74, 6) is 0.953. The third-order valence-corrected chi connectivity index (χ3v) is 5.60. The van der Waals surface area contributed by atoms with E-state index in [4.69, 9.17) is 9.02 Å². The van der Waals surface area contributed by atoms with Crippen molar-refractivity contribution in [3.63, 3.8) is 0 Å². The lowest BCUT2D eigenvalue weighted by molar-refractivity contribution is 0.308. The lowest BCUT2D eigenvalue weighted by Crippen LogP contribution is -2.27. The minimum atomic E-state index is -3.77. The number of benzene rings is 2. The zero-order valence-electron chi connectivity index (χ0n) is 15.6. The first kappa shape index (κ1) is 18.5. The molecule has 0 radical (unpaired) electrons. The van der Waals surface area contributed by atoms with E-state index in [0.717, 1.165) is 11.3 Å². The minimum absolute atomic E-state index is 0.0767.